The summed E-state index contributed by atoms with van der Waals surface area (Å²) in [5.74, 6) is 1.15. The van der Waals surface area contributed by atoms with E-state index in [2.05, 4.69) is 17.6 Å². The van der Waals surface area contributed by atoms with Gasteiger partial charge in [-0.15, -0.1) is 0 Å². The van der Waals surface area contributed by atoms with Gasteiger partial charge in [0.2, 0.25) is 5.91 Å². The highest BCUT2D eigenvalue weighted by molar-refractivity contribution is 5.83. The summed E-state index contributed by atoms with van der Waals surface area (Å²) in [6.45, 7) is 4.86. The summed E-state index contributed by atoms with van der Waals surface area (Å²) in [5, 5.41) is 6.48. The van der Waals surface area contributed by atoms with Gasteiger partial charge in [-0.1, -0.05) is 32.6 Å². The molecule has 1 saturated carbocycles. The standard InChI is InChI=1S/C14H26N2O/c1-2-14(8-10-15-11-14)13(17)16-9-7-12-5-3-4-6-12/h12,15H,2-11H2,1H3,(H,16,17). The molecule has 0 radical (unpaired) electrons. The fraction of sp³-hybridized carbons (Fsp3) is 0.929. The van der Waals surface area contributed by atoms with Crippen molar-refractivity contribution in [1.29, 1.82) is 0 Å². The van der Waals surface area contributed by atoms with Crippen LogP contribution in [0.4, 0.5) is 0 Å². The second-order valence-corrected chi connectivity index (χ2v) is 5.76. The lowest BCUT2D eigenvalue weighted by molar-refractivity contribution is -0.130. The van der Waals surface area contributed by atoms with E-state index >= 15 is 0 Å². The van der Waals surface area contributed by atoms with Gasteiger partial charge in [0.1, 0.15) is 0 Å². The lowest BCUT2D eigenvalue weighted by Crippen LogP contribution is -2.42. The third-order valence-electron chi connectivity index (χ3n) is 4.72. The molecule has 1 saturated heterocycles. The first-order valence-electron chi connectivity index (χ1n) is 7.26. The molecule has 3 heteroatoms. The Bertz CT molecular complexity index is 253. The predicted octanol–water partition coefficient (Wildman–Crippen LogP) is 2.07. The number of carbonyl (C=O) groups is 1. The van der Waals surface area contributed by atoms with Gasteiger partial charge in [-0.2, -0.15) is 0 Å². The highest BCUT2D eigenvalue weighted by Crippen LogP contribution is 2.30. The fourth-order valence-corrected chi connectivity index (χ4v) is 3.28. The molecule has 0 aromatic carbocycles. The lowest BCUT2D eigenvalue weighted by Gasteiger charge is -2.25. The summed E-state index contributed by atoms with van der Waals surface area (Å²) < 4.78 is 0. The van der Waals surface area contributed by atoms with Gasteiger partial charge in [0.05, 0.1) is 5.41 Å². The first-order valence-corrected chi connectivity index (χ1v) is 7.26. The SMILES string of the molecule is CCC1(C(=O)NCCC2CCCC2)CCNC1. The summed E-state index contributed by atoms with van der Waals surface area (Å²) in [5.41, 5.74) is -0.115. The Labute approximate surface area is 105 Å². The van der Waals surface area contributed by atoms with Crippen LogP contribution >= 0.6 is 0 Å². The van der Waals surface area contributed by atoms with Crippen molar-refractivity contribution < 1.29 is 4.79 Å². The molecule has 2 aliphatic rings. The Kier molecular flexibility index (Phi) is 4.43. The van der Waals surface area contributed by atoms with Gasteiger partial charge in [0.15, 0.2) is 0 Å². The maximum atomic E-state index is 12.2. The molecule has 1 heterocycles. The van der Waals surface area contributed by atoms with Gasteiger partial charge in [0.25, 0.3) is 0 Å². The van der Waals surface area contributed by atoms with Crippen LogP contribution in [0.25, 0.3) is 0 Å². The monoisotopic (exact) mass is 238 g/mol. The quantitative estimate of drug-likeness (QED) is 0.770. The zero-order chi connectivity index (χ0) is 12.1. The van der Waals surface area contributed by atoms with Gasteiger partial charge >= 0.3 is 0 Å². The second-order valence-electron chi connectivity index (χ2n) is 5.76. The Balaban J connectivity index is 1.72. The van der Waals surface area contributed by atoms with Crippen molar-refractivity contribution in [3.05, 3.63) is 0 Å². The average Bonchev–Trinajstić information content (AvgIpc) is 3.00. The molecule has 17 heavy (non-hydrogen) atoms. The number of rotatable bonds is 5. The van der Waals surface area contributed by atoms with Crippen LogP contribution in [-0.2, 0) is 4.79 Å². The minimum absolute atomic E-state index is 0.115. The number of amides is 1. The number of hydrogen-bond acceptors (Lipinski definition) is 2. The molecule has 1 aliphatic heterocycles. The maximum absolute atomic E-state index is 12.2. The van der Waals surface area contributed by atoms with Gasteiger partial charge in [0, 0.05) is 13.1 Å². The van der Waals surface area contributed by atoms with Gasteiger partial charge in [-0.25, -0.2) is 0 Å². The summed E-state index contributed by atoms with van der Waals surface area (Å²) in [6.07, 6.45) is 8.66. The molecule has 0 aromatic heterocycles. The average molecular weight is 238 g/mol. The number of nitrogens with one attached hydrogen (secondary N) is 2. The van der Waals surface area contributed by atoms with E-state index in [1.165, 1.54) is 32.1 Å². The van der Waals surface area contributed by atoms with E-state index in [0.29, 0.717) is 0 Å². The molecule has 2 fully saturated rings. The zero-order valence-electron chi connectivity index (χ0n) is 11.1. The summed E-state index contributed by atoms with van der Waals surface area (Å²) in [6, 6.07) is 0. The third kappa shape index (κ3) is 3.01. The zero-order valence-corrected chi connectivity index (χ0v) is 11.1. The van der Waals surface area contributed by atoms with Crippen LogP contribution in [0.2, 0.25) is 0 Å². The van der Waals surface area contributed by atoms with E-state index in [-0.39, 0.29) is 11.3 Å². The third-order valence-corrected chi connectivity index (χ3v) is 4.72. The van der Waals surface area contributed by atoms with Crippen molar-refractivity contribution >= 4 is 5.91 Å². The highest BCUT2D eigenvalue weighted by Gasteiger charge is 2.39. The van der Waals surface area contributed by atoms with Gasteiger partial charge < -0.3 is 10.6 Å². The molecule has 1 unspecified atom stereocenters. The molecule has 98 valence electrons. The molecular weight excluding hydrogens is 212 g/mol. The van der Waals surface area contributed by atoms with Crippen molar-refractivity contribution in [2.24, 2.45) is 11.3 Å². The van der Waals surface area contributed by atoms with Gasteiger partial charge in [-0.3, -0.25) is 4.79 Å². The Morgan fingerprint density at radius 1 is 1.41 bits per heavy atom. The molecule has 0 bridgehead atoms. The fourth-order valence-electron chi connectivity index (χ4n) is 3.28. The van der Waals surface area contributed by atoms with Crippen LogP contribution in [0.3, 0.4) is 0 Å². The molecule has 2 rings (SSSR count). The summed E-state index contributed by atoms with van der Waals surface area (Å²) in [7, 11) is 0. The highest BCUT2D eigenvalue weighted by atomic mass is 16.2. The molecular formula is C14H26N2O. The molecule has 1 aliphatic carbocycles. The van der Waals surface area contributed by atoms with Crippen LogP contribution in [-0.4, -0.2) is 25.5 Å². The molecule has 0 spiro atoms. The van der Waals surface area contributed by atoms with Crippen molar-refractivity contribution in [2.75, 3.05) is 19.6 Å². The van der Waals surface area contributed by atoms with E-state index in [1.54, 1.807) is 0 Å². The predicted molar refractivity (Wildman–Crippen MR) is 69.8 cm³/mol. The Hall–Kier alpha value is -0.570. The van der Waals surface area contributed by atoms with E-state index in [4.69, 9.17) is 0 Å². The number of hydrogen-bond donors (Lipinski definition) is 2. The second kappa shape index (κ2) is 5.85. The van der Waals surface area contributed by atoms with Crippen molar-refractivity contribution in [3.63, 3.8) is 0 Å². The number of carbonyl (C=O) groups excluding carboxylic acids is 1. The van der Waals surface area contributed by atoms with Crippen molar-refractivity contribution in [3.8, 4) is 0 Å². The first kappa shape index (κ1) is 12.9. The lowest BCUT2D eigenvalue weighted by atomic mass is 9.83. The Morgan fingerprint density at radius 3 is 2.76 bits per heavy atom. The summed E-state index contributed by atoms with van der Waals surface area (Å²) >= 11 is 0. The maximum Gasteiger partial charge on any atom is 0.227 e. The van der Waals surface area contributed by atoms with E-state index in [0.717, 1.165) is 38.4 Å². The van der Waals surface area contributed by atoms with Crippen molar-refractivity contribution in [1.82, 2.24) is 10.6 Å². The normalized spacial score (nSPS) is 29.7. The molecule has 2 N–H and O–H groups in total. The van der Waals surface area contributed by atoms with Crippen molar-refractivity contribution in [2.45, 2.75) is 51.9 Å². The Morgan fingerprint density at radius 2 is 2.18 bits per heavy atom. The van der Waals surface area contributed by atoms with E-state index in [1.807, 2.05) is 0 Å². The minimum Gasteiger partial charge on any atom is -0.356 e. The van der Waals surface area contributed by atoms with Crippen LogP contribution in [0.5, 0.6) is 0 Å². The molecule has 1 amide bonds. The molecule has 3 nitrogen and oxygen atoms in total. The van der Waals surface area contributed by atoms with E-state index in [9.17, 15) is 4.79 Å². The largest absolute Gasteiger partial charge is 0.356 e. The van der Waals surface area contributed by atoms with Crippen LogP contribution in [0.15, 0.2) is 0 Å². The topological polar surface area (TPSA) is 41.1 Å². The van der Waals surface area contributed by atoms with Crippen LogP contribution in [0, 0.1) is 11.3 Å². The minimum atomic E-state index is -0.115. The first-order chi connectivity index (χ1) is 8.27. The smallest absolute Gasteiger partial charge is 0.227 e. The van der Waals surface area contributed by atoms with Gasteiger partial charge in [-0.05, 0) is 31.7 Å². The molecule has 1 atom stereocenters. The van der Waals surface area contributed by atoms with Crippen LogP contribution < -0.4 is 10.6 Å². The van der Waals surface area contributed by atoms with Crippen LogP contribution in [0.1, 0.15) is 51.9 Å². The van der Waals surface area contributed by atoms with E-state index < -0.39 is 0 Å². The molecule has 0 aromatic rings. The summed E-state index contributed by atoms with van der Waals surface area (Å²) in [4.78, 5) is 12.2.